The minimum Gasteiger partial charge on any atom is -0.378 e. The summed E-state index contributed by atoms with van der Waals surface area (Å²) in [5, 5.41) is 3.42. The number of carbonyl (C=O) groups is 1. The van der Waals surface area contributed by atoms with Crippen molar-refractivity contribution in [3.8, 4) is 0 Å². The van der Waals surface area contributed by atoms with Crippen LogP contribution >= 0.6 is 0 Å². The summed E-state index contributed by atoms with van der Waals surface area (Å²) >= 11 is 0. The van der Waals surface area contributed by atoms with Crippen LogP contribution in [0.5, 0.6) is 0 Å². The van der Waals surface area contributed by atoms with Crippen LogP contribution in [-0.4, -0.2) is 24.7 Å². The molecule has 3 nitrogen and oxygen atoms in total. The smallest absolute Gasteiger partial charge is 0.220 e. The fraction of sp³-hybridized carbons (Fsp3) is 0.941. The molecular formula is C17H29NO2. The zero-order chi connectivity index (χ0) is 14.5. The highest BCUT2D eigenvalue weighted by atomic mass is 16.5. The van der Waals surface area contributed by atoms with E-state index in [4.69, 9.17) is 4.74 Å². The van der Waals surface area contributed by atoms with E-state index in [1.165, 1.54) is 12.8 Å². The SMILES string of the molecule is CCCC(=O)N[C@H]1C(C)(C)[C@@H]2C[C@@H]3[C@@H](C)OCC[C@@]31C2. The molecule has 3 aliphatic rings. The van der Waals surface area contributed by atoms with E-state index in [1.807, 2.05) is 0 Å². The number of hydrogen-bond acceptors (Lipinski definition) is 2. The number of ether oxygens (including phenoxy) is 1. The maximum Gasteiger partial charge on any atom is 0.220 e. The van der Waals surface area contributed by atoms with Crippen LogP contribution in [0.4, 0.5) is 0 Å². The summed E-state index contributed by atoms with van der Waals surface area (Å²) in [6.45, 7) is 9.88. The number of carbonyl (C=O) groups excluding carboxylic acids is 1. The molecule has 1 N–H and O–H groups in total. The monoisotopic (exact) mass is 279 g/mol. The molecule has 114 valence electrons. The summed E-state index contributed by atoms with van der Waals surface area (Å²) < 4.78 is 5.90. The van der Waals surface area contributed by atoms with Crippen molar-refractivity contribution in [2.24, 2.45) is 22.7 Å². The molecule has 1 heterocycles. The van der Waals surface area contributed by atoms with E-state index in [0.717, 1.165) is 25.4 Å². The molecule has 0 aromatic carbocycles. The summed E-state index contributed by atoms with van der Waals surface area (Å²) in [6, 6.07) is 0.337. The van der Waals surface area contributed by atoms with Gasteiger partial charge in [0.2, 0.25) is 5.91 Å². The predicted molar refractivity (Wildman–Crippen MR) is 79.3 cm³/mol. The van der Waals surface area contributed by atoms with E-state index in [9.17, 15) is 4.79 Å². The number of amides is 1. The fourth-order valence-corrected chi connectivity index (χ4v) is 5.54. The van der Waals surface area contributed by atoms with Crippen molar-refractivity contribution in [3.05, 3.63) is 0 Å². The topological polar surface area (TPSA) is 38.3 Å². The first-order chi connectivity index (χ1) is 9.41. The number of nitrogens with one attached hydrogen (secondary N) is 1. The first kappa shape index (κ1) is 14.4. The Bertz CT molecular complexity index is 406. The van der Waals surface area contributed by atoms with Gasteiger partial charge in [0.05, 0.1) is 6.10 Å². The highest BCUT2D eigenvalue weighted by molar-refractivity contribution is 5.76. The lowest BCUT2D eigenvalue weighted by molar-refractivity contribution is -0.133. The van der Waals surface area contributed by atoms with Gasteiger partial charge < -0.3 is 10.1 Å². The van der Waals surface area contributed by atoms with Gasteiger partial charge in [-0.05, 0) is 55.3 Å². The van der Waals surface area contributed by atoms with Crippen molar-refractivity contribution in [2.45, 2.75) is 71.9 Å². The van der Waals surface area contributed by atoms with E-state index in [0.29, 0.717) is 29.9 Å². The lowest BCUT2D eigenvalue weighted by Crippen LogP contribution is -2.59. The van der Waals surface area contributed by atoms with Crippen LogP contribution in [0, 0.1) is 22.7 Å². The molecule has 1 amide bonds. The zero-order valence-electron chi connectivity index (χ0n) is 13.4. The molecule has 0 radical (unpaired) electrons. The molecule has 0 aromatic rings. The Balaban J connectivity index is 1.88. The third kappa shape index (κ3) is 1.85. The maximum absolute atomic E-state index is 12.2. The van der Waals surface area contributed by atoms with Crippen molar-refractivity contribution >= 4 is 5.91 Å². The summed E-state index contributed by atoms with van der Waals surface area (Å²) in [6.07, 6.45) is 5.64. The van der Waals surface area contributed by atoms with Crippen LogP contribution in [0.2, 0.25) is 0 Å². The Morgan fingerprint density at radius 3 is 2.85 bits per heavy atom. The molecule has 2 saturated carbocycles. The van der Waals surface area contributed by atoms with Gasteiger partial charge in [0.25, 0.3) is 0 Å². The minimum absolute atomic E-state index is 0.233. The van der Waals surface area contributed by atoms with Crippen molar-refractivity contribution in [1.29, 1.82) is 0 Å². The summed E-state index contributed by atoms with van der Waals surface area (Å²) in [5.41, 5.74) is 0.534. The minimum atomic E-state index is 0.233. The van der Waals surface area contributed by atoms with E-state index in [1.54, 1.807) is 0 Å². The van der Waals surface area contributed by atoms with Crippen molar-refractivity contribution in [3.63, 3.8) is 0 Å². The molecule has 3 fully saturated rings. The third-order valence-corrected chi connectivity index (χ3v) is 6.57. The first-order valence-electron chi connectivity index (χ1n) is 8.33. The average Bonchev–Trinajstić information content (AvgIpc) is 2.85. The second-order valence-electron chi connectivity index (χ2n) is 7.87. The first-order valence-corrected chi connectivity index (χ1v) is 8.33. The van der Waals surface area contributed by atoms with Crippen LogP contribution in [-0.2, 0) is 9.53 Å². The molecule has 0 aromatic heterocycles. The molecule has 1 aliphatic heterocycles. The number of fused-ring (bicyclic) bond motifs is 1. The Morgan fingerprint density at radius 1 is 1.40 bits per heavy atom. The van der Waals surface area contributed by atoms with E-state index >= 15 is 0 Å². The van der Waals surface area contributed by atoms with Gasteiger partial charge in [0, 0.05) is 19.1 Å². The van der Waals surface area contributed by atoms with Gasteiger partial charge in [-0.25, -0.2) is 0 Å². The molecular weight excluding hydrogens is 250 g/mol. The van der Waals surface area contributed by atoms with Gasteiger partial charge in [-0.1, -0.05) is 20.8 Å². The van der Waals surface area contributed by atoms with Crippen LogP contribution in [0.1, 0.15) is 59.8 Å². The molecule has 2 aliphatic carbocycles. The second-order valence-corrected chi connectivity index (χ2v) is 7.87. The lowest BCUT2D eigenvalue weighted by atomic mass is 9.59. The van der Waals surface area contributed by atoms with Gasteiger partial charge >= 0.3 is 0 Å². The number of rotatable bonds is 3. The highest BCUT2D eigenvalue weighted by Gasteiger charge is 2.67. The van der Waals surface area contributed by atoms with Crippen LogP contribution in [0.15, 0.2) is 0 Å². The van der Waals surface area contributed by atoms with E-state index < -0.39 is 0 Å². The molecule has 1 spiro atoms. The Labute approximate surface area is 122 Å². The molecule has 3 heteroatoms. The van der Waals surface area contributed by atoms with Crippen LogP contribution in [0.3, 0.4) is 0 Å². The van der Waals surface area contributed by atoms with Crippen LogP contribution < -0.4 is 5.32 Å². The highest BCUT2D eigenvalue weighted by Crippen LogP contribution is 2.68. The van der Waals surface area contributed by atoms with Gasteiger partial charge in [-0.2, -0.15) is 0 Å². The van der Waals surface area contributed by atoms with Gasteiger partial charge in [-0.3, -0.25) is 4.79 Å². The van der Waals surface area contributed by atoms with Gasteiger partial charge in [0.1, 0.15) is 0 Å². The van der Waals surface area contributed by atoms with Crippen molar-refractivity contribution in [2.75, 3.05) is 6.61 Å². The average molecular weight is 279 g/mol. The van der Waals surface area contributed by atoms with Crippen LogP contribution in [0.25, 0.3) is 0 Å². The van der Waals surface area contributed by atoms with Crippen molar-refractivity contribution in [1.82, 2.24) is 5.32 Å². The maximum atomic E-state index is 12.2. The van der Waals surface area contributed by atoms with E-state index in [2.05, 4.69) is 33.0 Å². The fourth-order valence-electron chi connectivity index (χ4n) is 5.54. The Morgan fingerprint density at radius 2 is 2.15 bits per heavy atom. The van der Waals surface area contributed by atoms with Crippen molar-refractivity contribution < 1.29 is 9.53 Å². The normalized spacial score (nSPS) is 45.2. The molecule has 0 unspecified atom stereocenters. The standard InChI is InChI=1S/C17H29NO2/c1-5-6-14(19)18-15-16(3,4)12-9-13-11(2)20-8-7-17(13,15)10-12/h11-13,15H,5-10H2,1-4H3,(H,18,19)/t11-,12-,13-,15+,17-/m1/s1. The molecule has 1 saturated heterocycles. The lowest BCUT2D eigenvalue weighted by Gasteiger charge is -2.52. The summed E-state index contributed by atoms with van der Waals surface area (Å²) in [4.78, 5) is 12.2. The summed E-state index contributed by atoms with van der Waals surface area (Å²) in [7, 11) is 0. The predicted octanol–water partition coefficient (Wildman–Crippen LogP) is 3.13. The van der Waals surface area contributed by atoms with Gasteiger partial charge in [-0.15, -0.1) is 0 Å². The Hall–Kier alpha value is -0.570. The van der Waals surface area contributed by atoms with E-state index in [-0.39, 0.29) is 11.3 Å². The molecule has 3 rings (SSSR count). The third-order valence-electron chi connectivity index (χ3n) is 6.57. The molecule has 20 heavy (non-hydrogen) atoms. The second kappa shape index (κ2) is 4.72. The molecule has 5 atom stereocenters. The number of hydrogen-bond donors (Lipinski definition) is 1. The quantitative estimate of drug-likeness (QED) is 0.862. The molecule has 2 bridgehead atoms. The largest absolute Gasteiger partial charge is 0.378 e. The zero-order valence-corrected chi connectivity index (χ0v) is 13.4. The Kier molecular flexibility index (Phi) is 3.39. The summed E-state index contributed by atoms with van der Waals surface area (Å²) in [5.74, 6) is 1.62. The van der Waals surface area contributed by atoms with Gasteiger partial charge in [0.15, 0.2) is 0 Å².